The van der Waals surface area contributed by atoms with E-state index in [4.69, 9.17) is 14.3 Å². The van der Waals surface area contributed by atoms with Crippen LogP contribution in [0.15, 0.2) is 16.5 Å². The predicted molar refractivity (Wildman–Crippen MR) is 62.3 cm³/mol. The molecule has 0 aromatic carbocycles. The van der Waals surface area contributed by atoms with Crippen LogP contribution in [0.5, 0.6) is 0 Å². The summed E-state index contributed by atoms with van der Waals surface area (Å²) in [5.41, 5.74) is 0. The molecule has 4 heteroatoms. The maximum atomic E-state index is 8.95. The van der Waals surface area contributed by atoms with Crippen LogP contribution in [0.25, 0.3) is 0 Å². The van der Waals surface area contributed by atoms with E-state index in [-0.39, 0.29) is 6.61 Å². The van der Waals surface area contributed by atoms with Gasteiger partial charge >= 0.3 is 0 Å². The first-order chi connectivity index (χ1) is 7.80. The number of nitrogens with zero attached hydrogens (tertiary/aromatic N) is 1. The van der Waals surface area contributed by atoms with Gasteiger partial charge in [-0.05, 0) is 12.1 Å². The summed E-state index contributed by atoms with van der Waals surface area (Å²) < 4.78 is 10.7. The van der Waals surface area contributed by atoms with E-state index in [0.717, 1.165) is 31.0 Å². The van der Waals surface area contributed by atoms with Crippen molar-refractivity contribution in [2.45, 2.75) is 19.9 Å². The monoisotopic (exact) mass is 227 g/mol. The summed E-state index contributed by atoms with van der Waals surface area (Å²) in [7, 11) is 1.68. The number of methoxy groups -OCH3 is 1. The minimum atomic E-state index is 0.158. The number of aliphatic hydroxyl groups excluding tert-OH is 1. The summed E-state index contributed by atoms with van der Waals surface area (Å²) in [5, 5.41) is 8.95. The van der Waals surface area contributed by atoms with Crippen LogP contribution in [-0.4, -0.2) is 43.4 Å². The molecule has 0 saturated heterocycles. The summed E-state index contributed by atoms with van der Waals surface area (Å²) in [5.74, 6) is 1.95. The Hall–Kier alpha value is -0.840. The van der Waals surface area contributed by atoms with Crippen LogP contribution in [0.1, 0.15) is 18.4 Å². The lowest BCUT2D eigenvalue weighted by Gasteiger charge is -2.19. The summed E-state index contributed by atoms with van der Waals surface area (Å²) in [6.45, 7) is 5.07. The molecule has 1 aromatic heterocycles. The average molecular weight is 227 g/mol. The molecule has 0 radical (unpaired) electrons. The number of hydrogen-bond acceptors (Lipinski definition) is 4. The van der Waals surface area contributed by atoms with Crippen LogP contribution < -0.4 is 0 Å². The molecule has 1 aromatic rings. The van der Waals surface area contributed by atoms with Crippen molar-refractivity contribution in [3.8, 4) is 0 Å². The maximum Gasteiger partial charge on any atom is 0.118 e. The van der Waals surface area contributed by atoms with E-state index in [2.05, 4.69) is 11.8 Å². The molecular formula is C12H21NO3. The molecule has 0 bridgehead atoms. The highest BCUT2D eigenvalue weighted by atomic mass is 16.5. The molecule has 92 valence electrons. The van der Waals surface area contributed by atoms with Crippen molar-refractivity contribution in [1.29, 1.82) is 0 Å². The van der Waals surface area contributed by atoms with Crippen molar-refractivity contribution in [3.05, 3.63) is 23.7 Å². The first-order valence-electron chi connectivity index (χ1n) is 5.69. The van der Waals surface area contributed by atoms with Gasteiger partial charge in [0.1, 0.15) is 11.5 Å². The third-order valence-corrected chi connectivity index (χ3v) is 2.47. The molecule has 0 aliphatic carbocycles. The molecule has 1 heterocycles. The van der Waals surface area contributed by atoms with Gasteiger partial charge in [-0.15, -0.1) is 0 Å². The molecular weight excluding hydrogens is 206 g/mol. The van der Waals surface area contributed by atoms with Gasteiger partial charge in [0.05, 0.1) is 19.8 Å². The molecule has 0 unspecified atom stereocenters. The van der Waals surface area contributed by atoms with Crippen molar-refractivity contribution in [3.63, 3.8) is 0 Å². The number of furan rings is 1. The zero-order valence-corrected chi connectivity index (χ0v) is 10.1. The van der Waals surface area contributed by atoms with E-state index < -0.39 is 0 Å². The van der Waals surface area contributed by atoms with Gasteiger partial charge in [-0.2, -0.15) is 0 Å². The molecule has 0 atom stereocenters. The van der Waals surface area contributed by atoms with Gasteiger partial charge in [0.2, 0.25) is 0 Å². The zero-order chi connectivity index (χ0) is 11.8. The average Bonchev–Trinajstić information content (AvgIpc) is 2.74. The Balaban J connectivity index is 2.46. The van der Waals surface area contributed by atoms with E-state index in [9.17, 15) is 0 Å². The number of hydrogen-bond donors (Lipinski definition) is 1. The van der Waals surface area contributed by atoms with Gasteiger partial charge in [0, 0.05) is 26.6 Å². The van der Waals surface area contributed by atoms with Crippen LogP contribution in [-0.2, 0) is 17.7 Å². The van der Waals surface area contributed by atoms with E-state index >= 15 is 0 Å². The largest absolute Gasteiger partial charge is 0.465 e. The molecule has 16 heavy (non-hydrogen) atoms. The Morgan fingerprint density at radius 1 is 1.31 bits per heavy atom. The lowest BCUT2D eigenvalue weighted by Crippen LogP contribution is -2.29. The van der Waals surface area contributed by atoms with Gasteiger partial charge < -0.3 is 14.3 Å². The Labute approximate surface area is 96.8 Å². The summed E-state index contributed by atoms with van der Waals surface area (Å²) in [4.78, 5) is 2.11. The molecule has 0 fully saturated rings. The molecule has 4 nitrogen and oxygen atoms in total. The SMILES string of the molecule is CCc1ccc(CN(CCO)CCOC)o1. The van der Waals surface area contributed by atoms with E-state index in [1.54, 1.807) is 7.11 Å². The third-order valence-electron chi connectivity index (χ3n) is 2.47. The molecule has 1 N–H and O–H groups in total. The maximum absolute atomic E-state index is 8.95. The second-order valence-corrected chi connectivity index (χ2v) is 3.71. The van der Waals surface area contributed by atoms with Gasteiger partial charge in [-0.3, -0.25) is 4.90 Å². The topological polar surface area (TPSA) is 45.8 Å². The van der Waals surface area contributed by atoms with E-state index in [0.29, 0.717) is 13.2 Å². The third kappa shape index (κ3) is 4.35. The van der Waals surface area contributed by atoms with Crippen LogP contribution in [0, 0.1) is 0 Å². The fourth-order valence-corrected chi connectivity index (χ4v) is 1.55. The van der Waals surface area contributed by atoms with Gasteiger partial charge in [-0.1, -0.05) is 6.92 Å². The van der Waals surface area contributed by atoms with Gasteiger partial charge in [0.25, 0.3) is 0 Å². The Morgan fingerprint density at radius 2 is 2.06 bits per heavy atom. The molecule has 0 aliphatic heterocycles. The predicted octanol–water partition coefficient (Wildman–Crippen LogP) is 1.28. The lowest BCUT2D eigenvalue weighted by molar-refractivity contribution is 0.121. The Morgan fingerprint density at radius 3 is 2.62 bits per heavy atom. The van der Waals surface area contributed by atoms with Crippen molar-refractivity contribution < 1.29 is 14.3 Å². The molecule has 0 aliphatic rings. The van der Waals surface area contributed by atoms with Crippen molar-refractivity contribution in [2.24, 2.45) is 0 Å². The molecule has 1 rings (SSSR count). The van der Waals surface area contributed by atoms with Crippen molar-refractivity contribution >= 4 is 0 Å². The number of rotatable bonds is 8. The van der Waals surface area contributed by atoms with Crippen molar-refractivity contribution in [2.75, 3.05) is 33.4 Å². The lowest BCUT2D eigenvalue weighted by atomic mass is 10.3. The van der Waals surface area contributed by atoms with Crippen LogP contribution in [0.4, 0.5) is 0 Å². The minimum absolute atomic E-state index is 0.158. The number of ether oxygens (including phenoxy) is 1. The van der Waals surface area contributed by atoms with Gasteiger partial charge in [0.15, 0.2) is 0 Å². The quantitative estimate of drug-likeness (QED) is 0.726. The second-order valence-electron chi connectivity index (χ2n) is 3.71. The van der Waals surface area contributed by atoms with E-state index in [1.165, 1.54) is 0 Å². The smallest absolute Gasteiger partial charge is 0.118 e. The fraction of sp³-hybridized carbons (Fsp3) is 0.667. The Bertz CT molecular complexity index is 286. The first kappa shape index (κ1) is 13.2. The molecule has 0 saturated carbocycles. The van der Waals surface area contributed by atoms with Crippen LogP contribution >= 0.6 is 0 Å². The Kier molecular flexibility index (Phi) is 6.15. The first-order valence-corrected chi connectivity index (χ1v) is 5.69. The van der Waals surface area contributed by atoms with Gasteiger partial charge in [-0.25, -0.2) is 0 Å². The second kappa shape index (κ2) is 7.44. The van der Waals surface area contributed by atoms with Crippen LogP contribution in [0.2, 0.25) is 0 Å². The highest BCUT2D eigenvalue weighted by molar-refractivity contribution is 5.06. The van der Waals surface area contributed by atoms with E-state index in [1.807, 2.05) is 12.1 Å². The summed E-state index contributed by atoms with van der Waals surface area (Å²) >= 11 is 0. The molecule has 0 spiro atoms. The highest BCUT2D eigenvalue weighted by Gasteiger charge is 2.08. The molecule has 0 amide bonds. The number of aliphatic hydroxyl groups is 1. The van der Waals surface area contributed by atoms with Crippen molar-refractivity contribution in [1.82, 2.24) is 4.90 Å². The highest BCUT2D eigenvalue weighted by Crippen LogP contribution is 2.10. The summed E-state index contributed by atoms with van der Waals surface area (Å²) in [6.07, 6.45) is 0.915. The zero-order valence-electron chi connectivity index (χ0n) is 10.1. The minimum Gasteiger partial charge on any atom is -0.465 e. The standard InChI is InChI=1S/C12H21NO3/c1-3-11-4-5-12(16-11)10-13(6-8-14)7-9-15-2/h4-5,14H,3,6-10H2,1-2H3. The fourth-order valence-electron chi connectivity index (χ4n) is 1.55. The normalized spacial score (nSPS) is 11.2. The van der Waals surface area contributed by atoms with Crippen LogP contribution in [0.3, 0.4) is 0 Å². The summed E-state index contributed by atoms with van der Waals surface area (Å²) in [6, 6.07) is 4.00. The number of aryl methyl sites for hydroxylation is 1.